The number of anilines is 1. The molecule has 1 aromatic heterocycles. The summed E-state index contributed by atoms with van der Waals surface area (Å²) in [5.74, 6) is 1.90. The summed E-state index contributed by atoms with van der Waals surface area (Å²) in [4.78, 5) is 11.3. The van der Waals surface area contributed by atoms with Gasteiger partial charge in [-0.15, -0.1) is 0 Å². The molecule has 1 N–H and O–H groups in total. The number of nitrogens with zero attached hydrogens (tertiary/aromatic N) is 3. The van der Waals surface area contributed by atoms with Crippen molar-refractivity contribution in [2.45, 2.75) is 39.2 Å². The van der Waals surface area contributed by atoms with E-state index in [1.807, 2.05) is 13.0 Å². The fraction of sp³-hybridized carbons (Fsp3) is 0.714. The summed E-state index contributed by atoms with van der Waals surface area (Å²) < 4.78 is 5.64. The van der Waals surface area contributed by atoms with Gasteiger partial charge in [0.15, 0.2) is 0 Å². The van der Waals surface area contributed by atoms with Crippen LogP contribution in [0, 0.1) is 6.92 Å². The van der Waals surface area contributed by atoms with Crippen LogP contribution in [0.5, 0.6) is 0 Å². The van der Waals surface area contributed by atoms with Gasteiger partial charge in [-0.3, -0.25) is 0 Å². The van der Waals surface area contributed by atoms with Gasteiger partial charge in [0.2, 0.25) is 0 Å². The van der Waals surface area contributed by atoms with E-state index in [0.717, 1.165) is 49.7 Å². The largest absolute Gasteiger partial charge is 0.394 e. The van der Waals surface area contributed by atoms with Crippen molar-refractivity contribution in [3.8, 4) is 0 Å². The number of aromatic nitrogens is 2. The minimum absolute atomic E-state index is 0.0864. The molecule has 106 valence electrons. The average Bonchev–Trinajstić information content (AvgIpc) is 2.44. The van der Waals surface area contributed by atoms with Gasteiger partial charge in [0.05, 0.1) is 19.3 Å². The van der Waals surface area contributed by atoms with E-state index < -0.39 is 0 Å². The Morgan fingerprint density at radius 2 is 2.32 bits per heavy atom. The summed E-state index contributed by atoms with van der Waals surface area (Å²) in [6, 6.07) is 2.04. The first-order chi connectivity index (χ1) is 9.22. The predicted octanol–water partition coefficient (Wildman–Crippen LogP) is 1.33. The van der Waals surface area contributed by atoms with Crippen molar-refractivity contribution in [1.29, 1.82) is 0 Å². The van der Waals surface area contributed by atoms with Gasteiger partial charge < -0.3 is 14.7 Å². The van der Waals surface area contributed by atoms with Gasteiger partial charge in [-0.05, 0) is 19.8 Å². The van der Waals surface area contributed by atoms with Gasteiger partial charge in [-0.1, -0.05) is 6.92 Å². The number of piperidine rings is 1. The molecule has 0 spiro atoms. The number of rotatable bonds is 5. The third kappa shape index (κ3) is 3.88. The molecule has 5 nitrogen and oxygen atoms in total. The summed E-state index contributed by atoms with van der Waals surface area (Å²) >= 11 is 0. The van der Waals surface area contributed by atoms with E-state index in [-0.39, 0.29) is 12.7 Å². The van der Waals surface area contributed by atoms with E-state index in [1.165, 1.54) is 0 Å². The Kier molecular flexibility index (Phi) is 5.10. The van der Waals surface area contributed by atoms with Crippen LogP contribution >= 0.6 is 0 Å². The van der Waals surface area contributed by atoms with Crippen LogP contribution in [-0.4, -0.2) is 47.5 Å². The van der Waals surface area contributed by atoms with E-state index in [2.05, 4.69) is 21.8 Å². The smallest absolute Gasteiger partial charge is 0.132 e. The van der Waals surface area contributed by atoms with Crippen molar-refractivity contribution in [3.05, 3.63) is 17.6 Å². The van der Waals surface area contributed by atoms with Crippen molar-refractivity contribution < 1.29 is 9.84 Å². The first-order valence-corrected chi connectivity index (χ1v) is 7.05. The Labute approximate surface area is 114 Å². The standard InChI is InChI=1S/C14H23N3O2/c1-3-13-15-11(2)9-14(16-13)17-6-4-5-12(10-17)19-8-7-18/h9,12,18H,3-8,10H2,1-2H3. The minimum Gasteiger partial charge on any atom is -0.394 e. The molecule has 1 aliphatic rings. The molecule has 0 aromatic carbocycles. The zero-order chi connectivity index (χ0) is 13.7. The molecule has 1 aliphatic heterocycles. The van der Waals surface area contributed by atoms with E-state index in [9.17, 15) is 0 Å². The molecule has 2 rings (SSSR count). The van der Waals surface area contributed by atoms with Crippen molar-refractivity contribution in [1.82, 2.24) is 9.97 Å². The lowest BCUT2D eigenvalue weighted by Gasteiger charge is -2.33. The molecule has 1 fully saturated rings. The minimum atomic E-state index is 0.0864. The highest BCUT2D eigenvalue weighted by atomic mass is 16.5. The van der Waals surface area contributed by atoms with Gasteiger partial charge in [-0.2, -0.15) is 0 Å². The maximum atomic E-state index is 8.83. The molecule has 1 atom stereocenters. The zero-order valence-corrected chi connectivity index (χ0v) is 11.8. The SMILES string of the molecule is CCc1nc(C)cc(N2CCCC(OCCO)C2)n1. The molecular weight excluding hydrogens is 242 g/mol. The fourth-order valence-electron chi connectivity index (χ4n) is 2.43. The van der Waals surface area contributed by atoms with E-state index in [1.54, 1.807) is 0 Å². The Hall–Kier alpha value is -1.20. The summed E-state index contributed by atoms with van der Waals surface area (Å²) in [5.41, 5.74) is 1.01. The molecule has 1 unspecified atom stereocenters. The number of aryl methyl sites for hydroxylation is 2. The van der Waals surface area contributed by atoms with Gasteiger partial charge in [0.25, 0.3) is 0 Å². The van der Waals surface area contributed by atoms with Gasteiger partial charge in [-0.25, -0.2) is 9.97 Å². The Balaban J connectivity index is 2.06. The van der Waals surface area contributed by atoms with E-state index >= 15 is 0 Å². The molecule has 0 amide bonds. The van der Waals surface area contributed by atoms with Crippen LogP contribution in [0.15, 0.2) is 6.07 Å². The third-order valence-electron chi connectivity index (χ3n) is 3.35. The number of hydrogen-bond acceptors (Lipinski definition) is 5. The van der Waals surface area contributed by atoms with Crippen LogP contribution in [0.1, 0.15) is 31.3 Å². The predicted molar refractivity (Wildman–Crippen MR) is 74.4 cm³/mol. The maximum absolute atomic E-state index is 8.83. The molecule has 0 bridgehead atoms. The van der Waals surface area contributed by atoms with E-state index in [4.69, 9.17) is 9.84 Å². The second-order valence-corrected chi connectivity index (χ2v) is 4.94. The Bertz CT molecular complexity index is 412. The lowest BCUT2D eigenvalue weighted by molar-refractivity contribution is 0.0213. The fourth-order valence-corrected chi connectivity index (χ4v) is 2.43. The van der Waals surface area contributed by atoms with Crippen molar-refractivity contribution in [2.75, 3.05) is 31.2 Å². The number of aliphatic hydroxyl groups excluding tert-OH is 1. The normalized spacial score (nSPS) is 19.7. The summed E-state index contributed by atoms with van der Waals surface area (Å²) in [6.45, 7) is 6.44. The zero-order valence-electron chi connectivity index (χ0n) is 11.8. The molecule has 1 saturated heterocycles. The molecular formula is C14H23N3O2. The Morgan fingerprint density at radius 3 is 3.05 bits per heavy atom. The highest BCUT2D eigenvalue weighted by Gasteiger charge is 2.21. The maximum Gasteiger partial charge on any atom is 0.132 e. The van der Waals surface area contributed by atoms with Crippen LogP contribution in [0.4, 0.5) is 5.82 Å². The summed E-state index contributed by atoms with van der Waals surface area (Å²) in [6.07, 6.45) is 3.20. The second-order valence-electron chi connectivity index (χ2n) is 4.94. The average molecular weight is 265 g/mol. The molecule has 19 heavy (non-hydrogen) atoms. The molecule has 0 radical (unpaired) electrons. The molecule has 2 heterocycles. The van der Waals surface area contributed by atoms with Crippen LogP contribution < -0.4 is 4.90 Å². The van der Waals surface area contributed by atoms with Crippen LogP contribution in [-0.2, 0) is 11.2 Å². The van der Waals surface area contributed by atoms with E-state index in [0.29, 0.717) is 6.61 Å². The molecule has 5 heteroatoms. The first-order valence-electron chi connectivity index (χ1n) is 7.05. The lowest BCUT2D eigenvalue weighted by atomic mass is 10.1. The van der Waals surface area contributed by atoms with Crippen molar-refractivity contribution >= 4 is 5.82 Å². The highest BCUT2D eigenvalue weighted by Crippen LogP contribution is 2.20. The monoisotopic (exact) mass is 265 g/mol. The molecule has 0 aliphatic carbocycles. The Morgan fingerprint density at radius 1 is 1.47 bits per heavy atom. The van der Waals surface area contributed by atoms with Crippen LogP contribution in [0.3, 0.4) is 0 Å². The number of hydrogen-bond donors (Lipinski definition) is 1. The second kappa shape index (κ2) is 6.82. The summed E-state index contributed by atoms with van der Waals surface area (Å²) in [7, 11) is 0. The third-order valence-corrected chi connectivity index (χ3v) is 3.35. The highest BCUT2D eigenvalue weighted by molar-refractivity contribution is 5.40. The quantitative estimate of drug-likeness (QED) is 0.870. The van der Waals surface area contributed by atoms with Crippen LogP contribution in [0.2, 0.25) is 0 Å². The number of aliphatic hydroxyl groups is 1. The van der Waals surface area contributed by atoms with Crippen molar-refractivity contribution in [2.24, 2.45) is 0 Å². The topological polar surface area (TPSA) is 58.5 Å². The lowest BCUT2D eigenvalue weighted by Crippen LogP contribution is -2.40. The first kappa shape index (κ1) is 14.2. The van der Waals surface area contributed by atoms with Gasteiger partial charge >= 0.3 is 0 Å². The van der Waals surface area contributed by atoms with Crippen molar-refractivity contribution in [3.63, 3.8) is 0 Å². The summed E-state index contributed by atoms with van der Waals surface area (Å²) in [5, 5.41) is 8.83. The molecule has 0 saturated carbocycles. The number of ether oxygens (including phenoxy) is 1. The molecule has 1 aromatic rings. The van der Waals surface area contributed by atoms with Gasteiger partial charge in [0, 0.05) is 31.3 Å². The van der Waals surface area contributed by atoms with Crippen LogP contribution in [0.25, 0.3) is 0 Å². The van der Waals surface area contributed by atoms with Gasteiger partial charge in [0.1, 0.15) is 11.6 Å².